The summed E-state index contributed by atoms with van der Waals surface area (Å²) in [6, 6.07) is 14.7. The molecule has 5 nitrogen and oxygen atoms in total. The van der Waals surface area contributed by atoms with Crippen LogP contribution in [-0.4, -0.2) is 25.9 Å². The van der Waals surface area contributed by atoms with E-state index in [4.69, 9.17) is 0 Å². The van der Waals surface area contributed by atoms with Crippen LogP contribution in [0, 0.1) is 0 Å². The molecular formula is C15H17N5. The highest BCUT2D eigenvalue weighted by Crippen LogP contribution is 2.10. The molecule has 3 aromatic rings. The lowest BCUT2D eigenvalue weighted by Gasteiger charge is -2.14. The minimum absolute atomic E-state index is 0.358. The van der Waals surface area contributed by atoms with Crippen molar-refractivity contribution in [3.63, 3.8) is 0 Å². The van der Waals surface area contributed by atoms with Gasteiger partial charge < -0.3 is 5.32 Å². The molecule has 0 saturated heterocycles. The van der Waals surface area contributed by atoms with Gasteiger partial charge in [0.15, 0.2) is 5.65 Å². The second kappa shape index (κ2) is 5.69. The number of aryl methyl sites for hydroxylation is 1. The first-order valence-corrected chi connectivity index (χ1v) is 6.79. The largest absolute Gasteiger partial charge is 0.366 e. The van der Waals surface area contributed by atoms with E-state index in [1.807, 2.05) is 18.2 Å². The maximum atomic E-state index is 4.41. The predicted octanol–water partition coefficient (Wildman–Crippen LogP) is 2.56. The molecule has 3 rings (SSSR count). The molecule has 2 aromatic heterocycles. The van der Waals surface area contributed by atoms with E-state index in [9.17, 15) is 0 Å². The van der Waals surface area contributed by atoms with Crippen LogP contribution in [0.1, 0.15) is 18.9 Å². The van der Waals surface area contributed by atoms with E-state index in [1.54, 1.807) is 10.8 Å². The zero-order valence-electron chi connectivity index (χ0n) is 11.4. The Bertz CT molecular complexity index is 677. The average molecular weight is 267 g/mol. The van der Waals surface area contributed by atoms with Gasteiger partial charge in [0.2, 0.25) is 0 Å². The smallest absolute Gasteiger partial charge is 0.177 e. The van der Waals surface area contributed by atoms with E-state index in [-0.39, 0.29) is 0 Å². The fourth-order valence-corrected chi connectivity index (χ4v) is 2.16. The molecule has 20 heavy (non-hydrogen) atoms. The van der Waals surface area contributed by atoms with Gasteiger partial charge in [-0.05, 0) is 37.5 Å². The summed E-state index contributed by atoms with van der Waals surface area (Å²) in [6.07, 6.45) is 3.73. The van der Waals surface area contributed by atoms with Gasteiger partial charge in [0.25, 0.3) is 0 Å². The molecule has 0 aliphatic rings. The van der Waals surface area contributed by atoms with E-state index in [0.717, 1.165) is 24.3 Å². The van der Waals surface area contributed by atoms with Crippen molar-refractivity contribution < 1.29 is 0 Å². The van der Waals surface area contributed by atoms with Crippen molar-refractivity contribution >= 4 is 11.5 Å². The number of fused-ring (bicyclic) bond motifs is 1. The van der Waals surface area contributed by atoms with Crippen LogP contribution in [0.15, 0.2) is 48.8 Å². The molecule has 1 N–H and O–H groups in total. The molecule has 0 amide bonds. The number of nitrogens with zero attached hydrogens (tertiary/aromatic N) is 4. The summed E-state index contributed by atoms with van der Waals surface area (Å²) in [6.45, 7) is 2.17. The maximum absolute atomic E-state index is 4.41. The summed E-state index contributed by atoms with van der Waals surface area (Å²) in [4.78, 5) is 0. The van der Waals surface area contributed by atoms with Crippen molar-refractivity contribution in [3.05, 3.63) is 54.4 Å². The van der Waals surface area contributed by atoms with E-state index < -0.39 is 0 Å². The van der Waals surface area contributed by atoms with Crippen LogP contribution < -0.4 is 5.32 Å². The number of benzene rings is 1. The van der Waals surface area contributed by atoms with Crippen LogP contribution in [0.4, 0.5) is 5.82 Å². The topological polar surface area (TPSA) is 55.1 Å². The van der Waals surface area contributed by atoms with Crippen molar-refractivity contribution in [1.82, 2.24) is 19.8 Å². The van der Waals surface area contributed by atoms with Crippen molar-refractivity contribution in [2.45, 2.75) is 25.8 Å². The molecule has 0 aliphatic carbocycles. The van der Waals surface area contributed by atoms with Gasteiger partial charge in [-0.2, -0.15) is 4.52 Å². The first-order valence-electron chi connectivity index (χ1n) is 6.79. The van der Waals surface area contributed by atoms with Gasteiger partial charge in [-0.3, -0.25) is 0 Å². The van der Waals surface area contributed by atoms with Crippen molar-refractivity contribution in [2.75, 3.05) is 5.32 Å². The lowest BCUT2D eigenvalue weighted by molar-refractivity contribution is 0.699. The van der Waals surface area contributed by atoms with Crippen LogP contribution in [0.25, 0.3) is 5.65 Å². The highest BCUT2D eigenvalue weighted by molar-refractivity contribution is 5.43. The zero-order chi connectivity index (χ0) is 13.8. The Labute approximate surface area is 117 Å². The first-order chi connectivity index (χ1) is 9.81. The van der Waals surface area contributed by atoms with Crippen molar-refractivity contribution in [1.29, 1.82) is 0 Å². The molecule has 2 heterocycles. The fraction of sp³-hybridized carbons (Fsp3) is 0.267. The van der Waals surface area contributed by atoms with Gasteiger partial charge in [0.05, 0.1) is 0 Å². The van der Waals surface area contributed by atoms with Gasteiger partial charge >= 0.3 is 0 Å². The van der Waals surface area contributed by atoms with E-state index in [2.05, 4.69) is 51.8 Å². The molecule has 0 spiro atoms. The Hall–Kier alpha value is -2.43. The molecule has 1 atom stereocenters. The summed E-state index contributed by atoms with van der Waals surface area (Å²) >= 11 is 0. The second-order valence-corrected chi connectivity index (χ2v) is 4.92. The zero-order valence-corrected chi connectivity index (χ0v) is 11.4. The lowest BCUT2D eigenvalue weighted by Crippen LogP contribution is -2.17. The Morgan fingerprint density at radius 1 is 1.15 bits per heavy atom. The van der Waals surface area contributed by atoms with Gasteiger partial charge in [-0.15, -0.1) is 15.3 Å². The highest BCUT2D eigenvalue weighted by atomic mass is 15.4. The molecule has 102 valence electrons. The van der Waals surface area contributed by atoms with Crippen molar-refractivity contribution in [3.8, 4) is 0 Å². The van der Waals surface area contributed by atoms with Crippen LogP contribution >= 0.6 is 0 Å². The number of aromatic nitrogens is 4. The van der Waals surface area contributed by atoms with Gasteiger partial charge in [0.1, 0.15) is 12.1 Å². The summed E-state index contributed by atoms with van der Waals surface area (Å²) < 4.78 is 1.67. The lowest BCUT2D eigenvalue weighted by atomic mass is 10.1. The molecule has 0 unspecified atom stereocenters. The minimum atomic E-state index is 0.358. The molecule has 0 saturated carbocycles. The van der Waals surface area contributed by atoms with Crippen LogP contribution in [0.3, 0.4) is 0 Å². The molecule has 0 aliphatic heterocycles. The normalized spacial score (nSPS) is 12.4. The monoisotopic (exact) mass is 267 g/mol. The van der Waals surface area contributed by atoms with Gasteiger partial charge in [-0.1, -0.05) is 30.3 Å². The maximum Gasteiger partial charge on any atom is 0.177 e. The Morgan fingerprint density at radius 2 is 2.00 bits per heavy atom. The number of rotatable bonds is 5. The van der Waals surface area contributed by atoms with Crippen LogP contribution in [-0.2, 0) is 6.42 Å². The highest BCUT2D eigenvalue weighted by Gasteiger charge is 2.05. The molecular weight excluding hydrogens is 250 g/mol. The Morgan fingerprint density at radius 3 is 2.85 bits per heavy atom. The van der Waals surface area contributed by atoms with E-state index in [1.165, 1.54) is 5.56 Å². The third-order valence-corrected chi connectivity index (χ3v) is 3.26. The quantitative estimate of drug-likeness (QED) is 0.772. The number of nitrogens with one attached hydrogen (secondary N) is 1. The second-order valence-electron chi connectivity index (χ2n) is 4.92. The fourth-order valence-electron chi connectivity index (χ4n) is 2.16. The summed E-state index contributed by atoms with van der Waals surface area (Å²) in [5.41, 5.74) is 2.12. The first kappa shape index (κ1) is 12.6. The molecule has 0 bridgehead atoms. The minimum Gasteiger partial charge on any atom is -0.366 e. The standard InChI is InChI=1S/C15H17N5/c1-12(7-8-13-5-3-2-4-6-13)17-14-9-10-15-18-16-11-20(15)19-14/h2-6,9-12H,7-8H2,1H3,(H,17,19)/t12-/m1/s1. The van der Waals surface area contributed by atoms with Crippen molar-refractivity contribution in [2.24, 2.45) is 0 Å². The van der Waals surface area contributed by atoms with Crippen LogP contribution in [0.2, 0.25) is 0 Å². The number of hydrogen-bond acceptors (Lipinski definition) is 4. The predicted molar refractivity (Wildman–Crippen MR) is 78.6 cm³/mol. The molecule has 0 fully saturated rings. The average Bonchev–Trinajstić information content (AvgIpc) is 2.94. The Kier molecular flexibility index (Phi) is 3.58. The van der Waals surface area contributed by atoms with E-state index in [0.29, 0.717) is 6.04 Å². The molecule has 1 aromatic carbocycles. The van der Waals surface area contributed by atoms with E-state index >= 15 is 0 Å². The summed E-state index contributed by atoms with van der Waals surface area (Å²) in [5.74, 6) is 0.845. The summed E-state index contributed by atoms with van der Waals surface area (Å²) in [5, 5.41) is 15.6. The number of hydrogen-bond donors (Lipinski definition) is 1. The summed E-state index contributed by atoms with van der Waals surface area (Å²) in [7, 11) is 0. The third kappa shape index (κ3) is 2.93. The SMILES string of the molecule is C[C@H](CCc1ccccc1)Nc1ccc2nncn2n1. The third-order valence-electron chi connectivity index (χ3n) is 3.26. The molecule has 5 heteroatoms. The van der Waals surface area contributed by atoms with Crippen LogP contribution in [0.5, 0.6) is 0 Å². The van der Waals surface area contributed by atoms with Gasteiger partial charge in [-0.25, -0.2) is 0 Å². The van der Waals surface area contributed by atoms with Gasteiger partial charge in [0, 0.05) is 6.04 Å². The molecule has 0 radical (unpaired) electrons. The Balaban J connectivity index is 1.59. The number of anilines is 1.